The lowest BCUT2D eigenvalue weighted by molar-refractivity contribution is 0.126. The van der Waals surface area contributed by atoms with Gasteiger partial charge in [0.05, 0.1) is 5.69 Å². The van der Waals surface area contributed by atoms with E-state index in [1.165, 1.54) is 44.1 Å². The molecule has 5 heteroatoms. The van der Waals surface area contributed by atoms with Crippen LogP contribution >= 0.6 is 0 Å². The molecule has 2 aromatic heterocycles. The van der Waals surface area contributed by atoms with Gasteiger partial charge in [0.25, 0.3) is 0 Å². The summed E-state index contributed by atoms with van der Waals surface area (Å²) >= 11 is 0. The standard InChI is InChI=1S/C20H31N5/c1-24(2)20(10-6-4-5-7-11-20)16-22-14-18-15-25(3)23-19(18)17-9-8-12-21-13-17/h8-9,12-13,15,22H,4-7,10-11,14,16H2,1-3H3. The van der Waals surface area contributed by atoms with Crippen LogP contribution in [0.15, 0.2) is 30.7 Å². The van der Waals surface area contributed by atoms with Crippen molar-refractivity contribution in [2.75, 3.05) is 20.6 Å². The number of pyridine rings is 1. The average molecular weight is 342 g/mol. The molecule has 0 unspecified atom stereocenters. The van der Waals surface area contributed by atoms with Crippen molar-refractivity contribution >= 4 is 0 Å². The van der Waals surface area contributed by atoms with Crippen LogP contribution in [0.5, 0.6) is 0 Å². The Labute approximate surface area is 151 Å². The van der Waals surface area contributed by atoms with E-state index in [1.54, 1.807) is 6.20 Å². The van der Waals surface area contributed by atoms with Gasteiger partial charge in [0.15, 0.2) is 0 Å². The highest BCUT2D eigenvalue weighted by atomic mass is 15.3. The van der Waals surface area contributed by atoms with Gasteiger partial charge in [-0.2, -0.15) is 5.10 Å². The maximum atomic E-state index is 4.64. The number of rotatable bonds is 6. The van der Waals surface area contributed by atoms with Crippen molar-refractivity contribution in [1.29, 1.82) is 0 Å². The minimum Gasteiger partial charge on any atom is -0.311 e. The Balaban J connectivity index is 1.69. The fourth-order valence-electron chi connectivity index (χ4n) is 4.01. The summed E-state index contributed by atoms with van der Waals surface area (Å²) in [5, 5.41) is 8.37. The Morgan fingerprint density at radius 2 is 1.96 bits per heavy atom. The van der Waals surface area contributed by atoms with E-state index >= 15 is 0 Å². The average Bonchev–Trinajstić information content (AvgIpc) is 2.82. The molecule has 1 fully saturated rings. The SMILES string of the molecule is CN(C)C1(CNCc2cn(C)nc2-c2cccnc2)CCCCCC1. The summed E-state index contributed by atoms with van der Waals surface area (Å²) in [5.41, 5.74) is 3.63. The van der Waals surface area contributed by atoms with Crippen LogP contribution in [0.3, 0.4) is 0 Å². The van der Waals surface area contributed by atoms with Gasteiger partial charge in [-0.3, -0.25) is 9.67 Å². The number of nitrogens with zero attached hydrogens (tertiary/aromatic N) is 4. The highest BCUT2D eigenvalue weighted by molar-refractivity contribution is 5.61. The third-order valence-electron chi connectivity index (χ3n) is 5.59. The molecule has 0 aliphatic heterocycles. The van der Waals surface area contributed by atoms with Crippen molar-refractivity contribution in [3.05, 3.63) is 36.3 Å². The predicted molar refractivity (Wildman–Crippen MR) is 102 cm³/mol. The number of nitrogens with one attached hydrogen (secondary N) is 1. The lowest BCUT2D eigenvalue weighted by Crippen LogP contribution is -2.51. The highest BCUT2D eigenvalue weighted by Crippen LogP contribution is 2.31. The second-order valence-corrected chi connectivity index (χ2v) is 7.55. The Morgan fingerprint density at radius 3 is 2.60 bits per heavy atom. The number of likely N-dealkylation sites (N-methyl/N-ethyl adjacent to an activating group) is 1. The summed E-state index contributed by atoms with van der Waals surface area (Å²) in [6.07, 6.45) is 13.8. The van der Waals surface area contributed by atoms with E-state index < -0.39 is 0 Å². The molecule has 2 aromatic rings. The second-order valence-electron chi connectivity index (χ2n) is 7.55. The van der Waals surface area contributed by atoms with Crippen molar-refractivity contribution in [3.63, 3.8) is 0 Å². The minimum absolute atomic E-state index is 0.285. The molecule has 0 atom stereocenters. The molecule has 3 rings (SSSR count). The maximum Gasteiger partial charge on any atom is 0.0983 e. The zero-order chi connectivity index (χ0) is 17.7. The number of aromatic nitrogens is 3. The lowest BCUT2D eigenvalue weighted by atomic mass is 9.88. The fraction of sp³-hybridized carbons (Fsp3) is 0.600. The van der Waals surface area contributed by atoms with Crippen LogP contribution < -0.4 is 5.32 Å². The van der Waals surface area contributed by atoms with Gasteiger partial charge in [0, 0.05) is 55.4 Å². The van der Waals surface area contributed by atoms with Crippen molar-refractivity contribution in [2.24, 2.45) is 7.05 Å². The molecule has 136 valence electrons. The Kier molecular flexibility index (Phi) is 5.86. The van der Waals surface area contributed by atoms with Crippen LogP contribution in [0, 0.1) is 0 Å². The molecule has 1 aliphatic carbocycles. The van der Waals surface area contributed by atoms with Crippen molar-refractivity contribution in [1.82, 2.24) is 25.0 Å². The van der Waals surface area contributed by atoms with Crippen LogP contribution in [0.2, 0.25) is 0 Å². The van der Waals surface area contributed by atoms with Gasteiger partial charge in [-0.25, -0.2) is 0 Å². The second kappa shape index (κ2) is 8.11. The monoisotopic (exact) mass is 341 g/mol. The van der Waals surface area contributed by atoms with E-state index in [2.05, 4.69) is 46.7 Å². The molecular formula is C20H31N5. The summed E-state index contributed by atoms with van der Waals surface area (Å²) < 4.78 is 1.90. The van der Waals surface area contributed by atoms with Crippen LogP contribution in [0.25, 0.3) is 11.3 Å². The van der Waals surface area contributed by atoms with Crippen LogP contribution in [-0.4, -0.2) is 45.8 Å². The van der Waals surface area contributed by atoms with Gasteiger partial charge < -0.3 is 10.2 Å². The molecule has 2 heterocycles. The molecule has 1 N–H and O–H groups in total. The third kappa shape index (κ3) is 4.28. The van der Waals surface area contributed by atoms with Gasteiger partial charge >= 0.3 is 0 Å². The zero-order valence-electron chi connectivity index (χ0n) is 15.8. The summed E-state index contributed by atoms with van der Waals surface area (Å²) in [6, 6.07) is 4.04. The fourth-order valence-corrected chi connectivity index (χ4v) is 4.01. The minimum atomic E-state index is 0.285. The normalized spacial score (nSPS) is 17.6. The topological polar surface area (TPSA) is 46.0 Å². The van der Waals surface area contributed by atoms with Crippen LogP contribution in [-0.2, 0) is 13.6 Å². The van der Waals surface area contributed by atoms with Gasteiger partial charge in [-0.05, 0) is 39.1 Å². The Bertz CT molecular complexity index is 654. The van der Waals surface area contributed by atoms with Crippen LogP contribution in [0.4, 0.5) is 0 Å². The smallest absolute Gasteiger partial charge is 0.0983 e. The summed E-state index contributed by atoms with van der Waals surface area (Å²) in [6.45, 7) is 1.87. The predicted octanol–water partition coefficient (Wildman–Crippen LogP) is 3.23. The largest absolute Gasteiger partial charge is 0.311 e. The molecule has 0 radical (unpaired) electrons. The van der Waals surface area contributed by atoms with E-state index in [0.29, 0.717) is 0 Å². The number of hydrogen-bond donors (Lipinski definition) is 1. The molecule has 25 heavy (non-hydrogen) atoms. The molecule has 0 spiro atoms. The number of aryl methyl sites for hydroxylation is 1. The molecule has 0 aromatic carbocycles. The van der Waals surface area contributed by atoms with Gasteiger partial charge in [-0.15, -0.1) is 0 Å². The van der Waals surface area contributed by atoms with Gasteiger partial charge in [-0.1, -0.05) is 25.7 Å². The summed E-state index contributed by atoms with van der Waals surface area (Å²) in [7, 11) is 6.45. The van der Waals surface area contributed by atoms with E-state index in [4.69, 9.17) is 0 Å². The summed E-state index contributed by atoms with van der Waals surface area (Å²) in [4.78, 5) is 6.67. The van der Waals surface area contributed by atoms with E-state index in [-0.39, 0.29) is 5.54 Å². The van der Waals surface area contributed by atoms with E-state index in [0.717, 1.165) is 24.3 Å². The molecule has 0 saturated heterocycles. The lowest BCUT2D eigenvalue weighted by Gasteiger charge is -2.40. The molecule has 1 saturated carbocycles. The molecule has 1 aliphatic rings. The van der Waals surface area contributed by atoms with Crippen molar-refractivity contribution in [2.45, 2.75) is 50.6 Å². The van der Waals surface area contributed by atoms with Crippen molar-refractivity contribution < 1.29 is 0 Å². The maximum absolute atomic E-state index is 4.64. The van der Waals surface area contributed by atoms with E-state index in [9.17, 15) is 0 Å². The molecular weight excluding hydrogens is 310 g/mol. The van der Waals surface area contributed by atoms with E-state index in [1.807, 2.05) is 24.0 Å². The first kappa shape index (κ1) is 18.1. The van der Waals surface area contributed by atoms with Gasteiger partial charge in [0.2, 0.25) is 0 Å². The third-order valence-corrected chi connectivity index (χ3v) is 5.59. The van der Waals surface area contributed by atoms with Gasteiger partial charge in [0.1, 0.15) is 0 Å². The first-order valence-corrected chi connectivity index (χ1v) is 9.42. The first-order valence-electron chi connectivity index (χ1n) is 9.42. The molecule has 5 nitrogen and oxygen atoms in total. The highest BCUT2D eigenvalue weighted by Gasteiger charge is 2.32. The Morgan fingerprint density at radius 1 is 1.20 bits per heavy atom. The summed E-state index contributed by atoms with van der Waals surface area (Å²) in [5.74, 6) is 0. The Hall–Kier alpha value is -1.72. The van der Waals surface area contributed by atoms with Crippen molar-refractivity contribution in [3.8, 4) is 11.3 Å². The molecule has 0 bridgehead atoms. The van der Waals surface area contributed by atoms with Crippen LogP contribution in [0.1, 0.15) is 44.1 Å². The first-order chi connectivity index (χ1) is 12.1. The number of hydrogen-bond acceptors (Lipinski definition) is 4. The zero-order valence-corrected chi connectivity index (χ0v) is 15.8. The quantitative estimate of drug-likeness (QED) is 0.820. The molecule has 0 amide bonds.